The van der Waals surface area contributed by atoms with Crippen LogP contribution in [0.5, 0.6) is 0 Å². The summed E-state index contributed by atoms with van der Waals surface area (Å²) in [5.41, 5.74) is 6.02. The second-order valence-corrected chi connectivity index (χ2v) is 6.24. The molecular formula is C21H20O. The first kappa shape index (κ1) is 13.4. The summed E-state index contributed by atoms with van der Waals surface area (Å²) in [5, 5.41) is 2.40. The van der Waals surface area contributed by atoms with Crippen LogP contribution in [0.25, 0.3) is 27.5 Å². The number of benzene rings is 2. The second-order valence-electron chi connectivity index (χ2n) is 6.24. The van der Waals surface area contributed by atoms with Crippen molar-refractivity contribution in [1.82, 2.24) is 0 Å². The first-order valence-electron chi connectivity index (χ1n) is 8.08. The van der Waals surface area contributed by atoms with Crippen LogP contribution >= 0.6 is 0 Å². The van der Waals surface area contributed by atoms with Crippen molar-refractivity contribution in [3.05, 3.63) is 65.8 Å². The Morgan fingerprint density at radius 1 is 1.05 bits per heavy atom. The highest BCUT2D eigenvalue weighted by Gasteiger charge is 2.16. The highest BCUT2D eigenvalue weighted by molar-refractivity contribution is 6.08. The molecule has 1 heterocycles. The lowest BCUT2D eigenvalue weighted by Gasteiger charge is -2.18. The number of allylic oxidation sites excluding steroid dienone is 4. The quantitative estimate of drug-likeness (QED) is 0.536. The van der Waals surface area contributed by atoms with Gasteiger partial charge in [-0.05, 0) is 30.4 Å². The molecule has 1 atom stereocenters. The molecule has 1 unspecified atom stereocenters. The van der Waals surface area contributed by atoms with Crippen molar-refractivity contribution < 1.29 is 4.42 Å². The van der Waals surface area contributed by atoms with E-state index in [0.717, 1.165) is 17.6 Å². The summed E-state index contributed by atoms with van der Waals surface area (Å²) in [6.07, 6.45) is 7.02. The summed E-state index contributed by atoms with van der Waals surface area (Å²) in [7, 11) is 0. The van der Waals surface area contributed by atoms with Crippen LogP contribution in [0.1, 0.15) is 32.3 Å². The number of rotatable bonds is 2. The van der Waals surface area contributed by atoms with E-state index in [2.05, 4.69) is 56.3 Å². The number of fused-ring (bicyclic) bond motifs is 3. The van der Waals surface area contributed by atoms with E-state index in [-0.39, 0.29) is 0 Å². The monoisotopic (exact) mass is 288 g/mol. The molecule has 0 saturated heterocycles. The second kappa shape index (κ2) is 5.17. The van der Waals surface area contributed by atoms with Crippen LogP contribution in [0, 0.1) is 5.92 Å². The standard InChI is InChI=1S/C21H20O/c1-3-15-11-14(2)12-16(13-15)17-8-6-9-19-18-7-4-5-10-20(18)22-21(17)19/h4-10,12-14H,3,11H2,1-2H3. The van der Waals surface area contributed by atoms with Crippen molar-refractivity contribution in [1.29, 1.82) is 0 Å². The van der Waals surface area contributed by atoms with Crippen LogP contribution in [0.4, 0.5) is 0 Å². The molecule has 2 aromatic carbocycles. The lowest BCUT2D eigenvalue weighted by molar-refractivity contribution is 0.666. The van der Waals surface area contributed by atoms with Gasteiger partial charge >= 0.3 is 0 Å². The summed E-state index contributed by atoms with van der Waals surface area (Å²) in [5.74, 6) is 0.592. The summed E-state index contributed by atoms with van der Waals surface area (Å²) in [6.45, 7) is 4.53. The smallest absolute Gasteiger partial charge is 0.143 e. The molecule has 1 aliphatic rings. The third kappa shape index (κ3) is 2.09. The number of hydrogen-bond donors (Lipinski definition) is 0. The maximum absolute atomic E-state index is 6.17. The molecule has 22 heavy (non-hydrogen) atoms. The van der Waals surface area contributed by atoms with Gasteiger partial charge in [-0.3, -0.25) is 0 Å². The van der Waals surface area contributed by atoms with Gasteiger partial charge in [0.1, 0.15) is 11.2 Å². The van der Waals surface area contributed by atoms with Gasteiger partial charge in [0.2, 0.25) is 0 Å². The van der Waals surface area contributed by atoms with E-state index in [1.165, 1.54) is 33.9 Å². The fourth-order valence-corrected chi connectivity index (χ4v) is 3.49. The largest absolute Gasteiger partial charge is 0.455 e. The first-order chi connectivity index (χ1) is 10.8. The molecule has 110 valence electrons. The van der Waals surface area contributed by atoms with Crippen molar-refractivity contribution >= 4 is 27.5 Å². The molecule has 1 nitrogen and oxygen atoms in total. The molecule has 4 rings (SSSR count). The van der Waals surface area contributed by atoms with E-state index in [0.29, 0.717) is 5.92 Å². The van der Waals surface area contributed by atoms with Crippen LogP contribution < -0.4 is 0 Å². The van der Waals surface area contributed by atoms with Crippen LogP contribution in [0.2, 0.25) is 0 Å². The zero-order chi connectivity index (χ0) is 15.1. The van der Waals surface area contributed by atoms with Gasteiger partial charge in [-0.25, -0.2) is 0 Å². The molecule has 0 bridgehead atoms. The van der Waals surface area contributed by atoms with Crippen LogP contribution in [0.15, 0.2) is 64.6 Å². The van der Waals surface area contributed by atoms with Gasteiger partial charge in [0.05, 0.1) is 0 Å². The van der Waals surface area contributed by atoms with E-state index in [9.17, 15) is 0 Å². The minimum Gasteiger partial charge on any atom is -0.455 e. The Labute approximate surface area is 130 Å². The average Bonchev–Trinajstić information content (AvgIpc) is 2.92. The molecular weight excluding hydrogens is 268 g/mol. The summed E-state index contributed by atoms with van der Waals surface area (Å²) < 4.78 is 6.17. The predicted molar refractivity (Wildman–Crippen MR) is 93.9 cm³/mol. The number of hydrogen-bond acceptors (Lipinski definition) is 1. The predicted octanol–water partition coefficient (Wildman–Crippen LogP) is 6.35. The molecule has 1 aliphatic carbocycles. The summed E-state index contributed by atoms with van der Waals surface area (Å²) in [6, 6.07) is 14.8. The van der Waals surface area contributed by atoms with Gasteiger partial charge in [-0.1, -0.05) is 68.0 Å². The van der Waals surface area contributed by atoms with Crippen molar-refractivity contribution in [2.24, 2.45) is 5.92 Å². The first-order valence-corrected chi connectivity index (χ1v) is 8.08. The third-order valence-electron chi connectivity index (χ3n) is 4.58. The SMILES string of the molecule is CCC1=CC(c2cccc3c2oc2ccccc23)=CC(C)C1. The van der Waals surface area contributed by atoms with Gasteiger partial charge in [0, 0.05) is 16.3 Å². The summed E-state index contributed by atoms with van der Waals surface area (Å²) >= 11 is 0. The fourth-order valence-electron chi connectivity index (χ4n) is 3.49. The van der Waals surface area contributed by atoms with Gasteiger partial charge in [-0.2, -0.15) is 0 Å². The van der Waals surface area contributed by atoms with Gasteiger partial charge < -0.3 is 4.42 Å². The van der Waals surface area contributed by atoms with E-state index in [1.54, 1.807) is 0 Å². The van der Waals surface area contributed by atoms with E-state index >= 15 is 0 Å². The molecule has 0 radical (unpaired) electrons. The van der Waals surface area contributed by atoms with Crippen LogP contribution in [-0.4, -0.2) is 0 Å². The molecule has 0 N–H and O–H groups in total. The van der Waals surface area contributed by atoms with E-state index < -0.39 is 0 Å². The maximum Gasteiger partial charge on any atom is 0.143 e. The molecule has 1 aromatic heterocycles. The maximum atomic E-state index is 6.17. The minimum absolute atomic E-state index is 0.592. The van der Waals surface area contributed by atoms with Crippen molar-refractivity contribution in [3.63, 3.8) is 0 Å². The zero-order valence-corrected chi connectivity index (χ0v) is 13.1. The highest BCUT2D eigenvalue weighted by Crippen LogP contribution is 2.37. The van der Waals surface area contributed by atoms with E-state index in [1.807, 2.05) is 12.1 Å². The lowest BCUT2D eigenvalue weighted by Crippen LogP contribution is -2.00. The zero-order valence-electron chi connectivity index (χ0n) is 13.1. The fraction of sp³-hybridized carbons (Fsp3) is 0.238. The molecule has 0 amide bonds. The van der Waals surface area contributed by atoms with E-state index in [4.69, 9.17) is 4.42 Å². The van der Waals surface area contributed by atoms with Crippen molar-refractivity contribution in [3.8, 4) is 0 Å². The summed E-state index contributed by atoms with van der Waals surface area (Å²) in [4.78, 5) is 0. The Kier molecular flexibility index (Phi) is 3.15. The Morgan fingerprint density at radius 2 is 1.86 bits per heavy atom. The normalized spacial score (nSPS) is 18.5. The Hall–Kier alpha value is -2.28. The number of furan rings is 1. The van der Waals surface area contributed by atoms with Gasteiger partial charge in [0.15, 0.2) is 0 Å². The molecule has 0 spiro atoms. The molecule has 0 saturated carbocycles. The van der Waals surface area contributed by atoms with Crippen molar-refractivity contribution in [2.45, 2.75) is 26.7 Å². The molecule has 0 fully saturated rings. The average molecular weight is 288 g/mol. The Balaban J connectivity index is 1.97. The molecule has 0 aliphatic heterocycles. The Bertz CT molecular complexity index is 908. The molecule has 1 heteroatoms. The van der Waals surface area contributed by atoms with Crippen molar-refractivity contribution in [2.75, 3.05) is 0 Å². The Morgan fingerprint density at radius 3 is 2.73 bits per heavy atom. The number of para-hydroxylation sites is 2. The van der Waals surface area contributed by atoms with Crippen LogP contribution in [-0.2, 0) is 0 Å². The third-order valence-corrected chi connectivity index (χ3v) is 4.58. The minimum atomic E-state index is 0.592. The van der Waals surface area contributed by atoms with Crippen LogP contribution in [0.3, 0.4) is 0 Å². The van der Waals surface area contributed by atoms with Gasteiger partial charge in [-0.15, -0.1) is 0 Å². The topological polar surface area (TPSA) is 13.1 Å². The highest BCUT2D eigenvalue weighted by atomic mass is 16.3. The van der Waals surface area contributed by atoms with Gasteiger partial charge in [0.25, 0.3) is 0 Å². The lowest BCUT2D eigenvalue weighted by atomic mass is 9.87. The molecule has 3 aromatic rings.